The summed E-state index contributed by atoms with van der Waals surface area (Å²) >= 11 is 0. The van der Waals surface area contributed by atoms with Crippen LogP contribution in [0, 0.1) is 0 Å². The summed E-state index contributed by atoms with van der Waals surface area (Å²) < 4.78 is 14.5. The molecule has 28 heavy (non-hydrogen) atoms. The number of carbonyl (C=O) groups excluding carboxylic acids is 3. The fraction of sp³-hybridized carbons (Fsp3) is 0.550. The number of alkyl carbamates (subject to hydrolysis) is 1. The molecule has 0 aliphatic rings. The lowest BCUT2D eigenvalue weighted by molar-refractivity contribution is -0.143. The molecule has 0 aromatic heterocycles. The SMILES string of the molecule is CCOC(=O)CCC(C)NC(=O)OC(C)(C)C.NC(=O)OCc1ccccc1. The van der Waals surface area contributed by atoms with E-state index in [2.05, 4.69) is 10.1 Å². The predicted octanol–water partition coefficient (Wildman–Crippen LogP) is 3.52. The Kier molecular flexibility index (Phi) is 12.1. The smallest absolute Gasteiger partial charge is 0.407 e. The van der Waals surface area contributed by atoms with Crippen molar-refractivity contribution in [1.29, 1.82) is 0 Å². The van der Waals surface area contributed by atoms with Crippen LogP contribution in [0.4, 0.5) is 9.59 Å². The van der Waals surface area contributed by atoms with Crippen LogP contribution in [0.3, 0.4) is 0 Å². The summed E-state index contributed by atoms with van der Waals surface area (Å²) in [4.78, 5) is 32.7. The van der Waals surface area contributed by atoms with E-state index < -0.39 is 17.8 Å². The average Bonchev–Trinajstić information content (AvgIpc) is 2.58. The van der Waals surface area contributed by atoms with Gasteiger partial charge in [0.2, 0.25) is 0 Å². The van der Waals surface area contributed by atoms with E-state index in [1.807, 2.05) is 37.3 Å². The van der Waals surface area contributed by atoms with Crippen LogP contribution < -0.4 is 11.1 Å². The first kappa shape index (κ1) is 25.2. The predicted molar refractivity (Wildman–Crippen MR) is 106 cm³/mol. The van der Waals surface area contributed by atoms with Crippen LogP contribution in [0.1, 0.15) is 53.0 Å². The van der Waals surface area contributed by atoms with Gasteiger partial charge >= 0.3 is 18.2 Å². The van der Waals surface area contributed by atoms with Crippen molar-refractivity contribution in [3.05, 3.63) is 35.9 Å². The number of nitrogens with one attached hydrogen (secondary N) is 1. The number of hydrogen-bond donors (Lipinski definition) is 2. The Bertz CT molecular complexity index is 598. The molecule has 158 valence electrons. The third kappa shape index (κ3) is 15.5. The van der Waals surface area contributed by atoms with E-state index in [0.29, 0.717) is 19.4 Å². The van der Waals surface area contributed by atoms with Gasteiger partial charge in [-0.2, -0.15) is 0 Å². The number of carbonyl (C=O) groups is 3. The van der Waals surface area contributed by atoms with Gasteiger partial charge in [-0.3, -0.25) is 4.79 Å². The van der Waals surface area contributed by atoms with Crippen LogP contribution in [-0.4, -0.2) is 36.4 Å². The van der Waals surface area contributed by atoms with Gasteiger partial charge in [0.15, 0.2) is 0 Å². The molecule has 0 saturated heterocycles. The van der Waals surface area contributed by atoms with Crippen molar-refractivity contribution in [3.8, 4) is 0 Å². The number of rotatable bonds is 7. The summed E-state index contributed by atoms with van der Waals surface area (Å²) in [6.07, 6.45) is -0.370. The second-order valence-corrected chi connectivity index (χ2v) is 6.98. The lowest BCUT2D eigenvalue weighted by atomic mass is 10.2. The maximum atomic E-state index is 11.4. The zero-order valence-corrected chi connectivity index (χ0v) is 17.3. The van der Waals surface area contributed by atoms with E-state index in [0.717, 1.165) is 5.56 Å². The van der Waals surface area contributed by atoms with E-state index in [4.69, 9.17) is 15.2 Å². The first-order chi connectivity index (χ1) is 13.0. The Morgan fingerprint density at radius 1 is 1.11 bits per heavy atom. The molecule has 0 heterocycles. The average molecular weight is 396 g/mol. The third-order valence-corrected chi connectivity index (χ3v) is 3.07. The van der Waals surface area contributed by atoms with E-state index in [-0.39, 0.29) is 18.6 Å². The summed E-state index contributed by atoms with van der Waals surface area (Å²) in [7, 11) is 0. The quantitative estimate of drug-likeness (QED) is 0.538. The number of nitrogens with two attached hydrogens (primary N) is 1. The van der Waals surface area contributed by atoms with Crippen molar-refractivity contribution >= 4 is 18.2 Å². The highest BCUT2D eigenvalue weighted by Gasteiger charge is 2.18. The van der Waals surface area contributed by atoms with Crippen molar-refractivity contribution in [2.24, 2.45) is 5.73 Å². The minimum Gasteiger partial charge on any atom is -0.466 e. The molecule has 0 radical (unpaired) electrons. The highest BCUT2D eigenvalue weighted by Crippen LogP contribution is 2.07. The molecule has 0 fully saturated rings. The maximum Gasteiger partial charge on any atom is 0.407 e. The van der Waals surface area contributed by atoms with Crippen LogP contribution in [0.2, 0.25) is 0 Å². The van der Waals surface area contributed by atoms with Crippen LogP contribution in [-0.2, 0) is 25.6 Å². The Balaban J connectivity index is 0.000000567. The number of primary amides is 1. The molecular weight excluding hydrogens is 364 g/mol. The normalized spacial score (nSPS) is 11.3. The van der Waals surface area contributed by atoms with Gasteiger partial charge in [-0.05, 0) is 46.6 Å². The Labute approximate surface area is 166 Å². The molecule has 8 heteroatoms. The van der Waals surface area contributed by atoms with Gasteiger partial charge < -0.3 is 25.3 Å². The minimum absolute atomic E-state index is 0.116. The van der Waals surface area contributed by atoms with Crippen LogP contribution in [0.25, 0.3) is 0 Å². The molecule has 2 amide bonds. The second kappa shape index (κ2) is 13.4. The van der Waals surface area contributed by atoms with Gasteiger partial charge in [0.05, 0.1) is 6.61 Å². The highest BCUT2D eigenvalue weighted by atomic mass is 16.6. The number of hydrogen-bond acceptors (Lipinski definition) is 6. The van der Waals surface area contributed by atoms with Crippen molar-refractivity contribution in [1.82, 2.24) is 5.32 Å². The summed E-state index contributed by atoms with van der Waals surface area (Å²) in [5.74, 6) is -0.245. The molecule has 1 aromatic carbocycles. The van der Waals surface area contributed by atoms with Crippen LogP contribution in [0.5, 0.6) is 0 Å². The van der Waals surface area contributed by atoms with Gasteiger partial charge in [-0.15, -0.1) is 0 Å². The van der Waals surface area contributed by atoms with E-state index in [9.17, 15) is 14.4 Å². The molecule has 3 N–H and O–H groups in total. The standard InChI is InChI=1S/C12H23NO4.C8H9NO2/c1-6-16-10(14)8-7-9(2)13-11(15)17-12(3,4)5;9-8(10)11-6-7-4-2-1-3-5-7/h9H,6-8H2,1-5H3,(H,13,15);1-5H,6H2,(H2,9,10). The van der Waals surface area contributed by atoms with E-state index in [1.165, 1.54) is 0 Å². The topological polar surface area (TPSA) is 117 Å². The Morgan fingerprint density at radius 3 is 2.21 bits per heavy atom. The maximum absolute atomic E-state index is 11.4. The molecule has 0 aliphatic carbocycles. The van der Waals surface area contributed by atoms with Crippen molar-refractivity contribution in [2.45, 2.75) is 65.7 Å². The summed E-state index contributed by atoms with van der Waals surface area (Å²) in [5.41, 5.74) is 5.21. The molecule has 1 rings (SSSR count). The fourth-order valence-electron chi connectivity index (χ4n) is 1.88. The zero-order chi connectivity index (χ0) is 21.6. The van der Waals surface area contributed by atoms with E-state index in [1.54, 1.807) is 27.7 Å². The molecule has 1 unspecified atom stereocenters. The van der Waals surface area contributed by atoms with Crippen molar-refractivity contribution < 1.29 is 28.6 Å². The largest absolute Gasteiger partial charge is 0.466 e. The number of esters is 1. The minimum atomic E-state index is -0.742. The van der Waals surface area contributed by atoms with E-state index >= 15 is 0 Å². The van der Waals surface area contributed by atoms with Gasteiger partial charge in [0.1, 0.15) is 12.2 Å². The monoisotopic (exact) mass is 396 g/mol. The zero-order valence-electron chi connectivity index (χ0n) is 17.3. The fourth-order valence-corrected chi connectivity index (χ4v) is 1.88. The van der Waals surface area contributed by atoms with Gasteiger partial charge in [0.25, 0.3) is 0 Å². The Morgan fingerprint density at radius 2 is 1.71 bits per heavy atom. The molecule has 8 nitrogen and oxygen atoms in total. The molecule has 0 bridgehead atoms. The highest BCUT2D eigenvalue weighted by molar-refractivity contribution is 5.70. The molecule has 0 saturated carbocycles. The van der Waals surface area contributed by atoms with Crippen LogP contribution >= 0.6 is 0 Å². The van der Waals surface area contributed by atoms with Gasteiger partial charge in [0, 0.05) is 12.5 Å². The van der Waals surface area contributed by atoms with Gasteiger partial charge in [-0.1, -0.05) is 30.3 Å². The molecular formula is C20H32N2O6. The van der Waals surface area contributed by atoms with Crippen LogP contribution in [0.15, 0.2) is 30.3 Å². The van der Waals surface area contributed by atoms with Crippen molar-refractivity contribution in [3.63, 3.8) is 0 Å². The molecule has 0 aliphatic heterocycles. The first-order valence-electron chi connectivity index (χ1n) is 9.14. The second-order valence-electron chi connectivity index (χ2n) is 6.98. The number of benzene rings is 1. The van der Waals surface area contributed by atoms with Crippen molar-refractivity contribution in [2.75, 3.05) is 6.61 Å². The number of amides is 2. The summed E-state index contributed by atoms with van der Waals surface area (Å²) in [6, 6.07) is 9.26. The lowest BCUT2D eigenvalue weighted by Crippen LogP contribution is -2.37. The Hall–Kier alpha value is -2.77. The first-order valence-corrected chi connectivity index (χ1v) is 9.14. The molecule has 1 atom stereocenters. The third-order valence-electron chi connectivity index (χ3n) is 3.07. The lowest BCUT2D eigenvalue weighted by Gasteiger charge is -2.21. The summed E-state index contributed by atoms with van der Waals surface area (Å²) in [6.45, 7) is 9.62. The summed E-state index contributed by atoms with van der Waals surface area (Å²) in [5, 5.41) is 2.66. The molecule has 0 spiro atoms. The molecule has 1 aromatic rings. The number of ether oxygens (including phenoxy) is 3. The van der Waals surface area contributed by atoms with Gasteiger partial charge in [-0.25, -0.2) is 9.59 Å².